The van der Waals surface area contributed by atoms with Crippen LogP contribution in [0.15, 0.2) is 0 Å². The number of unbranched alkanes of at least 4 members (excludes halogenated alkanes) is 1. The molecule has 0 saturated carbocycles. The van der Waals surface area contributed by atoms with Crippen LogP contribution in [0.4, 0.5) is 0 Å². The average Bonchev–Trinajstić information content (AvgIpc) is 2.73. The van der Waals surface area contributed by atoms with E-state index in [-0.39, 0.29) is 5.91 Å². The van der Waals surface area contributed by atoms with E-state index in [4.69, 9.17) is 4.74 Å². The fraction of sp³-hybridized carbons (Fsp3) is 0.882. The van der Waals surface area contributed by atoms with E-state index in [0.717, 1.165) is 84.2 Å². The Morgan fingerprint density at radius 2 is 1.36 bits per heavy atom. The molecule has 0 aromatic heterocycles. The molecule has 0 atom stereocenters. The molecular formula is C17H30N2O3. The zero-order valence-electron chi connectivity index (χ0n) is 13.7. The standard InChI is InChI=1S/C17H30N2O3/c20-16-9-3-5-11-18(16)12-6-7-14-22-15-13-19-10-4-1-2-8-17(19)21/h1-15H2. The van der Waals surface area contributed by atoms with Crippen molar-refractivity contribution in [2.75, 3.05) is 39.4 Å². The van der Waals surface area contributed by atoms with Crippen molar-refractivity contribution >= 4 is 11.8 Å². The molecule has 0 aliphatic carbocycles. The first-order chi connectivity index (χ1) is 10.8. The molecule has 5 heteroatoms. The minimum atomic E-state index is 0.282. The second-order valence-electron chi connectivity index (χ2n) is 6.35. The van der Waals surface area contributed by atoms with Crippen LogP contribution >= 0.6 is 0 Å². The minimum absolute atomic E-state index is 0.282. The van der Waals surface area contributed by atoms with Crippen LogP contribution in [0.25, 0.3) is 0 Å². The summed E-state index contributed by atoms with van der Waals surface area (Å²) in [6.07, 6.45) is 8.93. The molecule has 2 saturated heterocycles. The van der Waals surface area contributed by atoms with Crippen LogP contribution in [0.3, 0.4) is 0 Å². The summed E-state index contributed by atoms with van der Waals surface area (Å²) in [5.41, 5.74) is 0. The highest BCUT2D eigenvalue weighted by Crippen LogP contribution is 2.12. The Hall–Kier alpha value is -1.10. The monoisotopic (exact) mass is 310 g/mol. The summed E-state index contributed by atoms with van der Waals surface area (Å²) in [5.74, 6) is 0.594. The van der Waals surface area contributed by atoms with Gasteiger partial charge in [0.2, 0.25) is 11.8 Å². The molecule has 0 N–H and O–H groups in total. The van der Waals surface area contributed by atoms with Gasteiger partial charge in [-0.2, -0.15) is 0 Å². The van der Waals surface area contributed by atoms with E-state index in [0.29, 0.717) is 18.9 Å². The van der Waals surface area contributed by atoms with Crippen LogP contribution in [0.5, 0.6) is 0 Å². The molecule has 2 heterocycles. The van der Waals surface area contributed by atoms with Crippen LogP contribution in [0.2, 0.25) is 0 Å². The van der Waals surface area contributed by atoms with Gasteiger partial charge in [0.1, 0.15) is 0 Å². The molecule has 5 nitrogen and oxygen atoms in total. The summed E-state index contributed by atoms with van der Waals surface area (Å²) in [6, 6.07) is 0. The van der Waals surface area contributed by atoms with Gasteiger partial charge >= 0.3 is 0 Å². The van der Waals surface area contributed by atoms with E-state index in [9.17, 15) is 9.59 Å². The number of rotatable bonds is 8. The first-order valence-electron chi connectivity index (χ1n) is 8.90. The summed E-state index contributed by atoms with van der Waals surface area (Å²) >= 11 is 0. The topological polar surface area (TPSA) is 49.9 Å². The van der Waals surface area contributed by atoms with Crippen LogP contribution in [0, 0.1) is 0 Å². The summed E-state index contributed by atoms with van der Waals surface area (Å²) in [7, 11) is 0. The molecule has 22 heavy (non-hydrogen) atoms. The number of hydrogen-bond donors (Lipinski definition) is 0. The maximum Gasteiger partial charge on any atom is 0.222 e. The third-order valence-corrected chi connectivity index (χ3v) is 4.57. The SMILES string of the molecule is O=C1CCCCN1CCCCOCCN1CCCCCC1=O. The lowest BCUT2D eigenvalue weighted by molar-refractivity contribution is -0.133. The van der Waals surface area contributed by atoms with E-state index in [1.165, 1.54) is 0 Å². The average molecular weight is 310 g/mol. The normalized spacial score (nSPS) is 20.4. The van der Waals surface area contributed by atoms with E-state index in [2.05, 4.69) is 0 Å². The molecule has 0 spiro atoms. The predicted molar refractivity (Wildman–Crippen MR) is 85.5 cm³/mol. The number of likely N-dealkylation sites (tertiary alicyclic amines) is 2. The fourth-order valence-corrected chi connectivity index (χ4v) is 3.16. The lowest BCUT2D eigenvalue weighted by Gasteiger charge is -2.26. The third kappa shape index (κ3) is 5.95. The van der Waals surface area contributed by atoms with E-state index >= 15 is 0 Å². The van der Waals surface area contributed by atoms with Gasteiger partial charge in [-0.3, -0.25) is 9.59 Å². The van der Waals surface area contributed by atoms with Crippen molar-refractivity contribution in [2.24, 2.45) is 0 Å². The molecule has 2 rings (SSSR count). The highest BCUT2D eigenvalue weighted by molar-refractivity contribution is 5.77. The number of ether oxygens (including phenoxy) is 1. The maximum absolute atomic E-state index is 11.8. The molecule has 0 unspecified atom stereocenters. The summed E-state index contributed by atoms with van der Waals surface area (Å²) < 4.78 is 5.64. The van der Waals surface area contributed by atoms with Gasteiger partial charge in [-0.25, -0.2) is 0 Å². The molecule has 2 fully saturated rings. The number of piperidine rings is 1. The Morgan fingerprint density at radius 3 is 2.14 bits per heavy atom. The van der Waals surface area contributed by atoms with Crippen molar-refractivity contribution in [1.29, 1.82) is 0 Å². The molecule has 0 aromatic rings. The second-order valence-corrected chi connectivity index (χ2v) is 6.35. The minimum Gasteiger partial charge on any atom is -0.380 e. The lowest BCUT2D eigenvalue weighted by atomic mass is 10.1. The Bertz CT molecular complexity index is 360. The highest BCUT2D eigenvalue weighted by atomic mass is 16.5. The Labute approximate surface area is 134 Å². The highest BCUT2D eigenvalue weighted by Gasteiger charge is 2.17. The van der Waals surface area contributed by atoms with Gasteiger partial charge in [-0.1, -0.05) is 6.42 Å². The first-order valence-corrected chi connectivity index (χ1v) is 8.90. The van der Waals surface area contributed by atoms with Gasteiger partial charge in [0, 0.05) is 45.6 Å². The number of nitrogens with zero attached hydrogens (tertiary/aromatic N) is 2. The van der Waals surface area contributed by atoms with Crippen molar-refractivity contribution in [1.82, 2.24) is 9.80 Å². The van der Waals surface area contributed by atoms with Gasteiger partial charge in [-0.15, -0.1) is 0 Å². The maximum atomic E-state index is 11.8. The Balaban J connectivity index is 1.47. The zero-order chi connectivity index (χ0) is 15.6. The van der Waals surface area contributed by atoms with Gasteiger partial charge in [0.25, 0.3) is 0 Å². The van der Waals surface area contributed by atoms with Crippen LogP contribution in [0.1, 0.15) is 57.8 Å². The van der Waals surface area contributed by atoms with Crippen LogP contribution in [-0.2, 0) is 14.3 Å². The van der Waals surface area contributed by atoms with Gasteiger partial charge in [0.15, 0.2) is 0 Å². The summed E-state index contributed by atoms with van der Waals surface area (Å²) in [5, 5.41) is 0. The van der Waals surface area contributed by atoms with Crippen molar-refractivity contribution in [3.63, 3.8) is 0 Å². The van der Waals surface area contributed by atoms with Gasteiger partial charge < -0.3 is 14.5 Å². The molecule has 2 amide bonds. The Morgan fingerprint density at radius 1 is 0.727 bits per heavy atom. The molecule has 126 valence electrons. The zero-order valence-corrected chi connectivity index (χ0v) is 13.7. The van der Waals surface area contributed by atoms with E-state index in [1.807, 2.05) is 9.80 Å². The predicted octanol–water partition coefficient (Wildman–Crippen LogP) is 2.20. The van der Waals surface area contributed by atoms with Crippen LogP contribution in [-0.4, -0.2) is 61.0 Å². The second kappa shape index (κ2) is 9.82. The summed E-state index contributed by atoms with van der Waals surface area (Å²) in [4.78, 5) is 27.4. The van der Waals surface area contributed by atoms with Crippen molar-refractivity contribution < 1.29 is 14.3 Å². The fourth-order valence-electron chi connectivity index (χ4n) is 3.16. The molecule has 0 radical (unpaired) electrons. The van der Waals surface area contributed by atoms with Gasteiger partial charge in [-0.05, 0) is 38.5 Å². The first kappa shape index (κ1) is 17.3. The van der Waals surface area contributed by atoms with Gasteiger partial charge in [0.05, 0.1) is 6.61 Å². The number of carbonyl (C=O) groups is 2. The molecule has 0 aromatic carbocycles. The quantitative estimate of drug-likeness (QED) is 0.646. The Kier molecular flexibility index (Phi) is 7.71. The van der Waals surface area contributed by atoms with Crippen molar-refractivity contribution in [3.05, 3.63) is 0 Å². The molecule has 0 bridgehead atoms. The largest absolute Gasteiger partial charge is 0.380 e. The number of hydrogen-bond acceptors (Lipinski definition) is 3. The number of carbonyl (C=O) groups excluding carboxylic acids is 2. The van der Waals surface area contributed by atoms with E-state index in [1.54, 1.807) is 0 Å². The smallest absolute Gasteiger partial charge is 0.222 e. The van der Waals surface area contributed by atoms with Crippen molar-refractivity contribution in [3.8, 4) is 0 Å². The number of amides is 2. The third-order valence-electron chi connectivity index (χ3n) is 4.57. The molecular weight excluding hydrogens is 280 g/mol. The molecule has 2 aliphatic rings. The lowest BCUT2D eigenvalue weighted by Crippen LogP contribution is -2.36. The van der Waals surface area contributed by atoms with Crippen LogP contribution < -0.4 is 0 Å². The van der Waals surface area contributed by atoms with E-state index < -0.39 is 0 Å². The molecule has 2 aliphatic heterocycles. The summed E-state index contributed by atoms with van der Waals surface area (Å²) in [6.45, 7) is 4.77. The van der Waals surface area contributed by atoms with Crippen molar-refractivity contribution in [2.45, 2.75) is 57.8 Å².